The number of carbonyl (C=O) groups excluding carboxylic acids is 1. The SMILES string of the molecule is COc1ccc(-c2csc(NC(=O)C(N)CCS(C)(=O)=O)n2)cc1F. The first-order valence-corrected chi connectivity index (χ1v) is 10.2. The van der Waals surface area contributed by atoms with Crippen LogP contribution in [0.1, 0.15) is 6.42 Å². The van der Waals surface area contributed by atoms with Crippen LogP contribution in [0.5, 0.6) is 5.75 Å². The molecule has 10 heteroatoms. The van der Waals surface area contributed by atoms with E-state index in [9.17, 15) is 17.6 Å². The van der Waals surface area contributed by atoms with Crippen molar-refractivity contribution in [3.8, 4) is 17.0 Å². The Morgan fingerprint density at radius 1 is 1.48 bits per heavy atom. The minimum atomic E-state index is -3.19. The molecule has 0 saturated heterocycles. The molecule has 0 spiro atoms. The summed E-state index contributed by atoms with van der Waals surface area (Å²) in [5, 5.41) is 4.50. The normalized spacial score (nSPS) is 12.6. The number of anilines is 1. The fraction of sp³-hybridized carbons (Fsp3) is 0.333. The van der Waals surface area contributed by atoms with Crippen LogP contribution >= 0.6 is 11.3 Å². The van der Waals surface area contributed by atoms with Gasteiger partial charge >= 0.3 is 0 Å². The van der Waals surface area contributed by atoms with E-state index in [0.717, 1.165) is 17.6 Å². The lowest BCUT2D eigenvalue weighted by atomic mass is 10.1. The number of thiazole rings is 1. The number of halogens is 1. The van der Waals surface area contributed by atoms with Gasteiger partial charge in [-0.1, -0.05) is 0 Å². The van der Waals surface area contributed by atoms with E-state index >= 15 is 0 Å². The van der Waals surface area contributed by atoms with E-state index < -0.39 is 27.6 Å². The van der Waals surface area contributed by atoms with E-state index in [4.69, 9.17) is 10.5 Å². The van der Waals surface area contributed by atoms with Crippen molar-refractivity contribution in [1.82, 2.24) is 4.98 Å². The Hall–Kier alpha value is -2.04. The highest BCUT2D eigenvalue weighted by atomic mass is 32.2. The maximum Gasteiger partial charge on any atom is 0.243 e. The van der Waals surface area contributed by atoms with Gasteiger partial charge in [0.25, 0.3) is 0 Å². The van der Waals surface area contributed by atoms with E-state index in [0.29, 0.717) is 16.4 Å². The van der Waals surface area contributed by atoms with Gasteiger partial charge in [0.15, 0.2) is 16.7 Å². The van der Waals surface area contributed by atoms with Crippen molar-refractivity contribution >= 4 is 32.2 Å². The van der Waals surface area contributed by atoms with Crippen molar-refractivity contribution in [2.45, 2.75) is 12.5 Å². The molecule has 0 aliphatic rings. The van der Waals surface area contributed by atoms with Crippen LogP contribution < -0.4 is 15.8 Å². The molecule has 1 aromatic heterocycles. The van der Waals surface area contributed by atoms with Crippen molar-refractivity contribution < 1.29 is 22.3 Å². The van der Waals surface area contributed by atoms with Crippen LogP contribution in [-0.4, -0.2) is 44.5 Å². The number of benzene rings is 1. The molecular weight excluding hydrogens is 369 g/mol. The fourth-order valence-corrected chi connectivity index (χ4v) is 3.36. The van der Waals surface area contributed by atoms with Crippen molar-refractivity contribution in [2.75, 3.05) is 24.4 Å². The standard InChI is InChI=1S/C15H18FN3O4S2/c1-23-13-4-3-9(7-10(13)16)12-8-24-15(18-12)19-14(20)11(17)5-6-25(2,21)22/h3-4,7-8,11H,5-6,17H2,1-2H3,(H,18,19,20). The lowest BCUT2D eigenvalue weighted by molar-refractivity contribution is -0.117. The number of aromatic nitrogens is 1. The highest BCUT2D eigenvalue weighted by Gasteiger charge is 2.18. The number of carbonyl (C=O) groups is 1. The Bertz CT molecular complexity index is 867. The molecule has 3 N–H and O–H groups in total. The summed E-state index contributed by atoms with van der Waals surface area (Å²) in [6, 6.07) is 3.47. The van der Waals surface area contributed by atoms with Crippen molar-refractivity contribution in [1.29, 1.82) is 0 Å². The summed E-state index contributed by atoms with van der Waals surface area (Å²) in [7, 11) is -1.81. The zero-order valence-corrected chi connectivity index (χ0v) is 15.3. The second-order valence-electron chi connectivity index (χ2n) is 5.40. The molecule has 2 aromatic rings. The van der Waals surface area contributed by atoms with Crippen LogP contribution in [-0.2, 0) is 14.6 Å². The van der Waals surface area contributed by atoms with Crippen LogP contribution in [0.15, 0.2) is 23.6 Å². The molecule has 25 heavy (non-hydrogen) atoms. The van der Waals surface area contributed by atoms with E-state index in [-0.39, 0.29) is 17.9 Å². The summed E-state index contributed by atoms with van der Waals surface area (Å²) < 4.78 is 40.8. The first-order chi connectivity index (χ1) is 11.7. The highest BCUT2D eigenvalue weighted by Crippen LogP contribution is 2.28. The third kappa shape index (κ3) is 5.48. The van der Waals surface area contributed by atoms with E-state index in [1.165, 1.54) is 19.2 Å². The molecule has 1 aromatic carbocycles. The molecule has 0 saturated carbocycles. The van der Waals surface area contributed by atoms with Gasteiger partial charge in [-0.2, -0.15) is 0 Å². The average Bonchev–Trinajstić information content (AvgIpc) is 3.00. The maximum atomic E-state index is 13.8. The van der Waals surface area contributed by atoms with Crippen molar-refractivity contribution in [3.05, 3.63) is 29.4 Å². The predicted octanol–water partition coefficient (Wildman–Crippen LogP) is 1.66. The molecule has 7 nitrogen and oxygen atoms in total. The summed E-state index contributed by atoms with van der Waals surface area (Å²) >= 11 is 1.16. The van der Waals surface area contributed by atoms with E-state index in [2.05, 4.69) is 10.3 Å². The van der Waals surface area contributed by atoms with Gasteiger partial charge in [-0.05, 0) is 24.6 Å². The van der Waals surface area contributed by atoms with E-state index in [1.807, 2.05) is 0 Å². The van der Waals surface area contributed by atoms with Gasteiger partial charge in [-0.3, -0.25) is 4.79 Å². The summed E-state index contributed by atoms with van der Waals surface area (Å²) in [6.07, 6.45) is 1.10. The molecule has 0 fully saturated rings. The first kappa shape index (κ1) is 19.3. The number of amides is 1. The van der Waals surface area contributed by atoms with Gasteiger partial charge in [0.05, 0.1) is 24.6 Å². The second-order valence-corrected chi connectivity index (χ2v) is 8.52. The number of nitrogens with zero attached hydrogens (tertiary/aromatic N) is 1. The van der Waals surface area contributed by atoms with E-state index in [1.54, 1.807) is 11.4 Å². The zero-order chi connectivity index (χ0) is 18.6. The summed E-state index contributed by atoms with van der Waals surface area (Å²) in [4.78, 5) is 16.2. The largest absolute Gasteiger partial charge is 0.494 e. The molecule has 1 atom stereocenters. The van der Waals surface area contributed by atoms with Gasteiger partial charge in [-0.25, -0.2) is 17.8 Å². The van der Waals surface area contributed by atoms with Crippen LogP contribution in [0.25, 0.3) is 11.3 Å². The number of sulfone groups is 1. The molecule has 0 aliphatic carbocycles. The lowest BCUT2D eigenvalue weighted by Crippen LogP contribution is -2.37. The number of methoxy groups -OCH3 is 1. The Kier molecular flexibility index (Phi) is 6.09. The number of nitrogens with one attached hydrogen (secondary N) is 1. The quantitative estimate of drug-likeness (QED) is 0.747. The number of hydrogen-bond donors (Lipinski definition) is 2. The third-order valence-corrected chi connectivity index (χ3v) is 5.05. The van der Waals surface area contributed by atoms with Gasteiger partial charge in [0, 0.05) is 17.2 Å². The minimum absolute atomic E-state index is 0.0204. The highest BCUT2D eigenvalue weighted by molar-refractivity contribution is 7.90. The molecule has 1 unspecified atom stereocenters. The van der Waals surface area contributed by atoms with Crippen LogP contribution in [0.4, 0.5) is 9.52 Å². The van der Waals surface area contributed by atoms with Gasteiger partial charge in [-0.15, -0.1) is 11.3 Å². The van der Waals surface area contributed by atoms with Crippen molar-refractivity contribution in [3.63, 3.8) is 0 Å². The van der Waals surface area contributed by atoms with Gasteiger partial charge in [0.2, 0.25) is 5.91 Å². The fourth-order valence-electron chi connectivity index (χ4n) is 1.96. The van der Waals surface area contributed by atoms with Crippen LogP contribution in [0.3, 0.4) is 0 Å². The summed E-state index contributed by atoms with van der Waals surface area (Å²) in [6.45, 7) is 0. The molecule has 0 bridgehead atoms. The number of rotatable bonds is 7. The minimum Gasteiger partial charge on any atom is -0.494 e. The topological polar surface area (TPSA) is 111 Å². The number of nitrogens with two attached hydrogens (primary N) is 1. The molecule has 1 heterocycles. The molecule has 136 valence electrons. The molecular formula is C15H18FN3O4S2. The number of hydrogen-bond acceptors (Lipinski definition) is 7. The Morgan fingerprint density at radius 2 is 2.20 bits per heavy atom. The summed E-state index contributed by atoms with van der Waals surface area (Å²) in [5.41, 5.74) is 6.71. The van der Waals surface area contributed by atoms with Crippen LogP contribution in [0, 0.1) is 5.82 Å². The second kappa shape index (κ2) is 7.89. The monoisotopic (exact) mass is 387 g/mol. The molecule has 1 amide bonds. The predicted molar refractivity (Wildman–Crippen MR) is 95.0 cm³/mol. The smallest absolute Gasteiger partial charge is 0.243 e. The van der Waals surface area contributed by atoms with Crippen molar-refractivity contribution in [2.24, 2.45) is 5.73 Å². The molecule has 0 aliphatic heterocycles. The first-order valence-electron chi connectivity index (χ1n) is 7.23. The van der Waals surface area contributed by atoms with Gasteiger partial charge in [0.1, 0.15) is 9.84 Å². The Balaban J connectivity index is 2.03. The zero-order valence-electron chi connectivity index (χ0n) is 13.7. The van der Waals surface area contributed by atoms with Crippen LogP contribution in [0.2, 0.25) is 0 Å². The number of ether oxygens (including phenoxy) is 1. The molecule has 0 radical (unpaired) electrons. The summed E-state index contributed by atoms with van der Waals surface area (Å²) in [5.74, 6) is -1.08. The van der Waals surface area contributed by atoms with Gasteiger partial charge < -0.3 is 15.8 Å². The third-order valence-electron chi connectivity index (χ3n) is 3.32. The maximum absolute atomic E-state index is 13.8. The lowest BCUT2D eigenvalue weighted by Gasteiger charge is -2.09. The Morgan fingerprint density at radius 3 is 2.80 bits per heavy atom. The average molecular weight is 387 g/mol. The Labute approximate surface area is 148 Å². The molecule has 2 rings (SSSR count).